The standard InChI is InChI=1S/C19H19FN2O5/c1-12-6-7-14(9-16(12)20)22-17(23)11-27-18(24)10-21-19(25)13-4-3-5-15(8-13)26-2/h3-9H,10-11H2,1-2H3,(H,21,25)(H,22,23). The summed E-state index contributed by atoms with van der Waals surface area (Å²) in [6, 6.07) is 10.6. The van der Waals surface area contributed by atoms with E-state index in [4.69, 9.17) is 9.47 Å². The number of benzene rings is 2. The Labute approximate surface area is 155 Å². The summed E-state index contributed by atoms with van der Waals surface area (Å²) in [6.07, 6.45) is 0. The number of amides is 2. The molecule has 0 heterocycles. The molecule has 2 amide bonds. The Bertz CT molecular complexity index is 854. The van der Waals surface area contributed by atoms with Crippen molar-refractivity contribution in [2.24, 2.45) is 0 Å². The fraction of sp³-hybridized carbons (Fsp3) is 0.211. The van der Waals surface area contributed by atoms with Gasteiger partial charge >= 0.3 is 5.97 Å². The number of esters is 1. The topological polar surface area (TPSA) is 93.7 Å². The fourth-order valence-electron chi connectivity index (χ4n) is 2.08. The second kappa shape index (κ2) is 9.33. The maximum absolute atomic E-state index is 13.4. The van der Waals surface area contributed by atoms with Crippen molar-refractivity contribution in [3.8, 4) is 5.75 Å². The lowest BCUT2D eigenvalue weighted by atomic mass is 10.2. The molecule has 0 saturated carbocycles. The van der Waals surface area contributed by atoms with E-state index in [1.807, 2.05) is 0 Å². The van der Waals surface area contributed by atoms with Crippen LogP contribution >= 0.6 is 0 Å². The summed E-state index contributed by atoms with van der Waals surface area (Å²) in [4.78, 5) is 35.4. The number of carbonyl (C=O) groups is 3. The lowest BCUT2D eigenvalue weighted by Crippen LogP contribution is -2.32. The van der Waals surface area contributed by atoms with Gasteiger partial charge in [0.05, 0.1) is 7.11 Å². The van der Waals surface area contributed by atoms with Crippen molar-refractivity contribution < 1.29 is 28.2 Å². The van der Waals surface area contributed by atoms with Crippen molar-refractivity contribution in [2.45, 2.75) is 6.92 Å². The number of methoxy groups -OCH3 is 1. The zero-order chi connectivity index (χ0) is 19.8. The van der Waals surface area contributed by atoms with E-state index < -0.39 is 36.8 Å². The third kappa shape index (κ3) is 6.10. The Kier molecular flexibility index (Phi) is 6.87. The quantitative estimate of drug-likeness (QED) is 0.724. The van der Waals surface area contributed by atoms with E-state index in [0.29, 0.717) is 16.9 Å². The molecule has 0 radical (unpaired) electrons. The minimum absolute atomic E-state index is 0.255. The number of ether oxygens (including phenoxy) is 2. The normalized spacial score (nSPS) is 10.0. The van der Waals surface area contributed by atoms with Gasteiger partial charge in [-0.1, -0.05) is 12.1 Å². The third-order valence-electron chi connectivity index (χ3n) is 3.55. The van der Waals surface area contributed by atoms with Crippen LogP contribution in [0.2, 0.25) is 0 Å². The number of anilines is 1. The van der Waals surface area contributed by atoms with Gasteiger partial charge < -0.3 is 20.1 Å². The summed E-state index contributed by atoms with van der Waals surface area (Å²) >= 11 is 0. The first-order chi connectivity index (χ1) is 12.9. The first-order valence-electron chi connectivity index (χ1n) is 8.03. The lowest BCUT2D eigenvalue weighted by molar-refractivity contribution is -0.146. The predicted octanol–water partition coefficient (Wildman–Crippen LogP) is 2.05. The number of aryl methyl sites for hydroxylation is 1. The molecule has 7 nitrogen and oxygen atoms in total. The minimum Gasteiger partial charge on any atom is -0.497 e. The molecule has 8 heteroatoms. The van der Waals surface area contributed by atoms with E-state index >= 15 is 0 Å². The van der Waals surface area contributed by atoms with Crippen molar-refractivity contribution in [3.63, 3.8) is 0 Å². The molecule has 2 rings (SSSR count). The van der Waals surface area contributed by atoms with E-state index in [2.05, 4.69) is 10.6 Å². The lowest BCUT2D eigenvalue weighted by Gasteiger charge is -2.08. The zero-order valence-corrected chi connectivity index (χ0v) is 14.9. The summed E-state index contributed by atoms with van der Waals surface area (Å²) in [6.45, 7) is 0.647. The molecule has 0 aliphatic rings. The number of carbonyl (C=O) groups excluding carboxylic acids is 3. The summed E-state index contributed by atoms with van der Waals surface area (Å²) in [5.41, 5.74) is 1.03. The van der Waals surface area contributed by atoms with Crippen LogP contribution in [0.3, 0.4) is 0 Å². The molecule has 2 N–H and O–H groups in total. The molecule has 0 saturated heterocycles. The molecule has 27 heavy (non-hydrogen) atoms. The van der Waals surface area contributed by atoms with Gasteiger partial charge in [0.15, 0.2) is 6.61 Å². The molecule has 2 aromatic carbocycles. The summed E-state index contributed by atoms with van der Waals surface area (Å²) in [5.74, 6) is -1.83. The van der Waals surface area contributed by atoms with Crippen molar-refractivity contribution >= 4 is 23.5 Å². The second-order valence-corrected chi connectivity index (χ2v) is 5.59. The van der Waals surface area contributed by atoms with Crippen LogP contribution in [0.5, 0.6) is 5.75 Å². The summed E-state index contributed by atoms with van der Waals surface area (Å²) < 4.78 is 23.2. The number of hydrogen-bond acceptors (Lipinski definition) is 5. The van der Waals surface area contributed by atoms with Crippen molar-refractivity contribution in [2.75, 3.05) is 25.6 Å². The van der Waals surface area contributed by atoms with Gasteiger partial charge in [-0.15, -0.1) is 0 Å². The molecule has 0 fully saturated rings. The third-order valence-corrected chi connectivity index (χ3v) is 3.55. The first kappa shape index (κ1) is 19.9. The van der Waals surface area contributed by atoms with Gasteiger partial charge in [-0.25, -0.2) is 4.39 Å². The first-order valence-corrected chi connectivity index (χ1v) is 8.03. The largest absolute Gasteiger partial charge is 0.497 e. The van der Waals surface area contributed by atoms with Crippen molar-refractivity contribution in [3.05, 3.63) is 59.4 Å². The van der Waals surface area contributed by atoms with Crippen molar-refractivity contribution in [1.82, 2.24) is 5.32 Å². The molecule has 0 aliphatic carbocycles. The monoisotopic (exact) mass is 374 g/mol. The highest BCUT2D eigenvalue weighted by Gasteiger charge is 2.12. The highest BCUT2D eigenvalue weighted by Crippen LogP contribution is 2.13. The SMILES string of the molecule is COc1cccc(C(=O)NCC(=O)OCC(=O)Nc2ccc(C)c(F)c2)c1. The molecular formula is C19H19FN2O5. The molecule has 0 atom stereocenters. The number of hydrogen-bond donors (Lipinski definition) is 2. The van der Waals surface area contributed by atoms with E-state index in [0.717, 1.165) is 0 Å². The molecule has 0 spiro atoms. The second-order valence-electron chi connectivity index (χ2n) is 5.59. The Hall–Kier alpha value is -3.42. The average Bonchev–Trinajstić information content (AvgIpc) is 2.67. The van der Waals surface area contributed by atoms with Gasteiger partial charge in [0, 0.05) is 11.3 Å². The van der Waals surface area contributed by atoms with Crippen LogP contribution in [-0.2, 0) is 14.3 Å². The van der Waals surface area contributed by atoms with Gasteiger partial charge in [0.25, 0.3) is 11.8 Å². The van der Waals surface area contributed by atoms with Crippen LogP contribution in [-0.4, -0.2) is 38.0 Å². The van der Waals surface area contributed by atoms with Crippen LogP contribution in [0.15, 0.2) is 42.5 Å². The smallest absolute Gasteiger partial charge is 0.325 e. The van der Waals surface area contributed by atoms with E-state index in [9.17, 15) is 18.8 Å². The average molecular weight is 374 g/mol. The molecule has 0 unspecified atom stereocenters. The van der Waals surface area contributed by atoms with Crippen LogP contribution < -0.4 is 15.4 Å². The Morgan fingerprint density at radius 1 is 1.11 bits per heavy atom. The van der Waals surface area contributed by atoms with Crippen LogP contribution in [0.1, 0.15) is 15.9 Å². The fourth-order valence-corrected chi connectivity index (χ4v) is 2.08. The van der Waals surface area contributed by atoms with Crippen LogP contribution in [0.4, 0.5) is 10.1 Å². The molecule has 0 aliphatic heterocycles. The van der Waals surface area contributed by atoms with Crippen molar-refractivity contribution in [1.29, 1.82) is 0 Å². The minimum atomic E-state index is -0.781. The number of nitrogens with one attached hydrogen (secondary N) is 2. The van der Waals surface area contributed by atoms with Gasteiger partial charge in [-0.3, -0.25) is 14.4 Å². The van der Waals surface area contributed by atoms with Crippen LogP contribution in [0, 0.1) is 12.7 Å². The Morgan fingerprint density at radius 3 is 2.59 bits per heavy atom. The Balaban J connectivity index is 1.75. The van der Waals surface area contributed by atoms with E-state index in [1.54, 1.807) is 25.1 Å². The van der Waals surface area contributed by atoms with E-state index in [-0.39, 0.29) is 5.69 Å². The number of rotatable bonds is 7. The maximum atomic E-state index is 13.4. The Morgan fingerprint density at radius 2 is 1.89 bits per heavy atom. The molecule has 2 aromatic rings. The molecule has 142 valence electrons. The highest BCUT2D eigenvalue weighted by atomic mass is 19.1. The molecular weight excluding hydrogens is 355 g/mol. The molecule has 0 aromatic heterocycles. The molecule has 0 bridgehead atoms. The summed E-state index contributed by atoms with van der Waals surface area (Å²) in [7, 11) is 1.48. The zero-order valence-electron chi connectivity index (χ0n) is 14.9. The van der Waals surface area contributed by atoms with Crippen LogP contribution in [0.25, 0.3) is 0 Å². The number of halogens is 1. The van der Waals surface area contributed by atoms with E-state index in [1.165, 1.54) is 31.4 Å². The van der Waals surface area contributed by atoms with Gasteiger partial charge in [-0.05, 0) is 42.8 Å². The van der Waals surface area contributed by atoms with Gasteiger partial charge in [0.1, 0.15) is 18.1 Å². The maximum Gasteiger partial charge on any atom is 0.325 e. The predicted molar refractivity (Wildman–Crippen MR) is 96.1 cm³/mol. The van der Waals surface area contributed by atoms with Gasteiger partial charge in [0.2, 0.25) is 0 Å². The highest BCUT2D eigenvalue weighted by molar-refractivity contribution is 5.97. The summed E-state index contributed by atoms with van der Waals surface area (Å²) in [5, 5.41) is 4.80. The van der Waals surface area contributed by atoms with Gasteiger partial charge in [-0.2, -0.15) is 0 Å².